The quantitative estimate of drug-likeness (QED) is 0.251. The van der Waals surface area contributed by atoms with Crippen LogP contribution in [0.5, 0.6) is 0 Å². The van der Waals surface area contributed by atoms with E-state index in [1.54, 1.807) is 11.1 Å². The fraction of sp³-hybridized carbons (Fsp3) is 0.520. The lowest BCUT2D eigenvalue weighted by molar-refractivity contribution is -0.212. The summed E-state index contributed by atoms with van der Waals surface area (Å²) in [4.78, 5) is 0. The van der Waals surface area contributed by atoms with E-state index in [1.165, 1.54) is 110 Å². The van der Waals surface area contributed by atoms with Crippen molar-refractivity contribution in [1.29, 1.82) is 0 Å². The standard InChI is InChI=1S/C50H62/c1-7-13-35-21-41(15-9-3)43(17-11-5)45(23-35)47-25-37-19-38(26-47)30-49(29-37,33-47)50-31-39-20-40(32-50)28-48(27-39,34-50)46-24-36(14-8-2)22-42(16-10-4)44(46)18-12-6/h7-18,21-24,37-40H,19-20,25-34H2,1-6H3. The van der Waals surface area contributed by atoms with Gasteiger partial charge in [-0.2, -0.15) is 0 Å². The molecule has 0 saturated heterocycles. The van der Waals surface area contributed by atoms with Crippen molar-refractivity contribution >= 4 is 36.5 Å². The van der Waals surface area contributed by atoms with Crippen molar-refractivity contribution in [3.05, 3.63) is 105 Å². The fourth-order valence-corrected chi connectivity index (χ4v) is 14.6. The van der Waals surface area contributed by atoms with Gasteiger partial charge in [0.25, 0.3) is 0 Å². The molecular weight excluding hydrogens is 601 g/mol. The average molecular weight is 663 g/mol. The maximum absolute atomic E-state index is 2.64. The maximum atomic E-state index is 2.64. The summed E-state index contributed by atoms with van der Waals surface area (Å²) in [5, 5.41) is 0. The van der Waals surface area contributed by atoms with Crippen LogP contribution in [0.1, 0.15) is 163 Å². The zero-order valence-corrected chi connectivity index (χ0v) is 32.0. The molecule has 8 fully saturated rings. The number of hydrogen-bond acceptors (Lipinski definition) is 0. The minimum atomic E-state index is 0.296. The van der Waals surface area contributed by atoms with Gasteiger partial charge in [0.15, 0.2) is 0 Å². The van der Waals surface area contributed by atoms with Gasteiger partial charge < -0.3 is 0 Å². The van der Waals surface area contributed by atoms with Gasteiger partial charge in [0.1, 0.15) is 0 Å². The van der Waals surface area contributed by atoms with E-state index < -0.39 is 0 Å². The highest BCUT2D eigenvalue weighted by molar-refractivity contribution is 5.74. The molecule has 262 valence electrons. The first kappa shape index (κ1) is 34.0. The van der Waals surface area contributed by atoms with Crippen LogP contribution in [0.15, 0.2) is 60.7 Å². The van der Waals surface area contributed by atoms with E-state index in [9.17, 15) is 0 Å². The molecule has 8 saturated carbocycles. The van der Waals surface area contributed by atoms with Crippen LogP contribution in [0.2, 0.25) is 0 Å². The molecule has 50 heavy (non-hydrogen) atoms. The summed E-state index contributed by atoms with van der Waals surface area (Å²) in [5.74, 6) is 3.53. The Kier molecular flexibility index (Phi) is 8.72. The first-order valence-electron chi connectivity index (χ1n) is 20.4. The molecule has 8 aliphatic carbocycles. The van der Waals surface area contributed by atoms with E-state index >= 15 is 0 Å². The van der Waals surface area contributed by atoms with Crippen LogP contribution >= 0.6 is 0 Å². The Morgan fingerprint density at radius 2 is 0.760 bits per heavy atom. The highest BCUT2D eigenvalue weighted by Gasteiger charge is 2.70. The van der Waals surface area contributed by atoms with Gasteiger partial charge in [0.2, 0.25) is 0 Å². The predicted octanol–water partition coefficient (Wildman–Crippen LogP) is 14.3. The third-order valence-electron chi connectivity index (χ3n) is 14.9. The highest BCUT2D eigenvalue weighted by Crippen LogP contribution is 2.79. The molecule has 4 atom stereocenters. The lowest BCUT2D eigenvalue weighted by atomic mass is 9.30. The van der Waals surface area contributed by atoms with Crippen LogP contribution in [-0.2, 0) is 10.8 Å². The maximum Gasteiger partial charge on any atom is -0.00299 e. The van der Waals surface area contributed by atoms with Crippen molar-refractivity contribution < 1.29 is 0 Å². The summed E-state index contributed by atoms with van der Waals surface area (Å²) < 4.78 is 0. The smallest absolute Gasteiger partial charge is 0.00299 e. The van der Waals surface area contributed by atoms with Crippen LogP contribution < -0.4 is 0 Å². The van der Waals surface area contributed by atoms with Crippen molar-refractivity contribution in [2.75, 3.05) is 0 Å². The van der Waals surface area contributed by atoms with Crippen LogP contribution in [0.3, 0.4) is 0 Å². The minimum Gasteiger partial charge on any atom is -0.0871 e. The van der Waals surface area contributed by atoms with E-state index in [4.69, 9.17) is 0 Å². The second-order valence-corrected chi connectivity index (χ2v) is 18.2. The molecule has 0 amide bonds. The lowest BCUT2D eigenvalue weighted by Gasteiger charge is -2.74. The van der Waals surface area contributed by atoms with Crippen molar-refractivity contribution in [3.8, 4) is 0 Å². The molecule has 0 aliphatic heterocycles. The Morgan fingerprint density at radius 1 is 0.420 bits per heavy atom. The van der Waals surface area contributed by atoms with Crippen LogP contribution in [0.25, 0.3) is 36.5 Å². The van der Waals surface area contributed by atoms with Gasteiger partial charge in [-0.1, -0.05) is 85.0 Å². The Labute approximate surface area is 304 Å². The van der Waals surface area contributed by atoms with Gasteiger partial charge >= 0.3 is 0 Å². The second-order valence-electron chi connectivity index (χ2n) is 18.2. The second kappa shape index (κ2) is 12.8. The van der Waals surface area contributed by atoms with E-state index in [2.05, 4.69) is 139 Å². The third-order valence-corrected chi connectivity index (χ3v) is 14.9. The molecule has 2 aromatic rings. The number of rotatable bonds is 9. The molecule has 0 heteroatoms. The zero-order valence-electron chi connectivity index (χ0n) is 32.0. The first-order valence-corrected chi connectivity index (χ1v) is 20.4. The summed E-state index contributed by atoms with van der Waals surface area (Å²) in [6.45, 7) is 13.1. The van der Waals surface area contributed by atoms with Crippen molar-refractivity contribution in [3.63, 3.8) is 0 Å². The number of hydrogen-bond donors (Lipinski definition) is 0. The predicted molar refractivity (Wildman–Crippen MR) is 219 cm³/mol. The molecule has 0 spiro atoms. The summed E-state index contributed by atoms with van der Waals surface area (Å²) in [7, 11) is 0. The number of benzene rings is 2. The Hall–Kier alpha value is -3.12. The Balaban J connectivity index is 1.28. The molecule has 8 bridgehead atoms. The van der Waals surface area contributed by atoms with Gasteiger partial charge in [0, 0.05) is 0 Å². The van der Waals surface area contributed by atoms with Crippen LogP contribution in [-0.4, -0.2) is 0 Å². The molecule has 8 aliphatic rings. The molecule has 2 aromatic carbocycles. The molecule has 0 N–H and O–H groups in total. The summed E-state index contributed by atoms with van der Waals surface area (Å²) >= 11 is 0. The number of allylic oxidation sites excluding steroid dienone is 6. The normalized spacial score (nSPS) is 37.5. The molecule has 0 radical (unpaired) electrons. The monoisotopic (exact) mass is 662 g/mol. The van der Waals surface area contributed by atoms with E-state index in [0.29, 0.717) is 21.7 Å². The molecular formula is C50H62. The topological polar surface area (TPSA) is 0 Å². The van der Waals surface area contributed by atoms with Gasteiger partial charge in [-0.15, -0.1) is 0 Å². The summed E-state index contributed by atoms with van der Waals surface area (Å²) in [6.07, 6.45) is 45.3. The molecule has 0 heterocycles. The highest BCUT2D eigenvalue weighted by atomic mass is 14.7. The molecule has 10 rings (SSSR count). The van der Waals surface area contributed by atoms with E-state index in [-0.39, 0.29) is 0 Å². The SMILES string of the molecule is CC=Cc1cc(C=CC)c(C=CC)c(C23CC4CC(C2)CC(C25CC6CC(CC(c7cc(C=CC)cc(C=CC)c7C=CC)(C6)C2)C5)(C4)C3)c1. The largest absolute Gasteiger partial charge is 0.0871 e. The summed E-state index contributed by atoms with van der Waals surface area (Å²) in [5.41, 5.74) is 13.5. The molecule has 0 nitrogen and oxygen atoms in total. The van der Waals surface area contributed by atoms with Gasteiger partial charge in [-0.05, 0) is 221 Å². The Bertz CT molecular complexity index is 1650. The summed E-state index contributed by atoms with van der Waals surface area (Å²) in [6, 6.07) is 10.2. The average Bonchev–Trinajstić information content (AvgIpc) is 3.06. The van der Waals surface area contributed by atoms with E-state index in [1.807, 2.05) is 0 Å². The van der Waals surface area contributed by atoms with Crippen molar-refractivity contribution in [2.24, 2.45) is 34.5 Å². The Morgan fingerprint density at radius 3 is 1.08 bits per heavy atom. The van der Waals surface area contributed by atoms with Crippen molar-refractivity contribution in [2.45, 2.75) is 129 Å². The van der Waals surface area contributed by atoms with Gasteiger partial charge in [-0.25, -0.2) is 0 Å². The first-order chi connectivity index (χ1) is 24.3. The zero-order chi connectivity index (χ0) is 34.7. The minimum absolute atomic E-state index is 0.296. The molecule has 4 unspecified atom stereocenters. The fourth-order valence-electron chi connectivity index (χ4n) is 14.6. The molecule has 0 aromatic heterocycles. The van der Waals surface area contributed by atoms with E-state index in [0.717, 1.165) is 23.7 Å². The van der Waals surface area contributed by atoms with Crippen molar-refractivity contribution in [1.82, 2.24) is 0 Å². The lowest BCUT2D eigenvalue weighted by Crippen LogP contribution is -2.66. The van der Waals surface area contributed by atoms with Crippen LogP contribution in [0, 0.1) is 34.5 Å². The third kappa shape index (κ3) is 5.28. The van der Waals surface area contributed by atoms with Gasteiger partial charge in [-0.3, -0.25) is 0 Å². The van der Waals surface area contributed by atoms with Crippen LogP contribution in [0.4, 0.5) is 0 Å². The van der Waals surface area contributed by atoms with Gasteiger partial charge in [0.05, 0.1) is 0 Å².